The van der Waals surface area contributed by atoms with E-state index in [0.717, 1.165) is 12.3 Å². The maximum absolute atomic E-state index is 10.8. The van der Waals surface area contributed by atoms with Gasteiger partial charge < -0.3 is 4.74 Å². The Morgan fingerprint density at radius 1 is 1.14 bits per heavy atom. The number of ether oxygens (including phenoxy) is 1. The number of unbranched alkanes of at least 4 members (excludes halogenated alkanes) is 1. The molecule has 0 aliphatic rings. The van der Waals surface area contributed by atoms with Gasteiger partial charge in [0.1, 0.15) is 0 Å². The summed E-state index contributed by atoms with van der Waals surface area (Å²) in [4.78, 5) is 10.8. The van der Waals surface area contributed by atoms with E-state index in [0.29, 0.717) is 13.0 Å². The molecule has 84 valence electrons. The second kappa shape index (κ2) is 9.04. The molecular formula is C12H24O2. The van der Waals surface area contributed by atoms with Crippen LogP contribution < -0.4 is 0 Å². The Kier molecular flexibility index (Phi) is 8.70. The van der Waals surface area contributed by atoms with E-state index in [2.05, 4.69) is 13.8 Å². The van der Waals surface area contributed by atoms with Gasteiger partial charge in [-0.3, -0.25) is 4.79 Å². The Balaban J connectivity index is 3.24. The van der Waals surface area contributed by atoms with Gasteiger partial charge in [-0.05, 0) is 18.8 Å². The van der Waals surface area contributed by atoms with Crippen LogP contribution in [-0.4, -0.2) is 12.6 Å². The molecule has 0 radical (unpaired) electrons. The van der Waals surface area contributed by atoms with E-state index in [4.69, 9.17) is 4.74 Å². The normalized spacial score (nSPS) is 10.6. The van der Waals surface area contributed by atoms with Gasteiger partial charge in [0.2, 0.25) is 0 Å². The molecule has 2 nitrogen and oxygen atoms in total. The van der Waals surface area contributed by atoms with Crippen LogP contribution >= 0.6 is 0 Å². The molecule has 0 rings (SSSR count). The molecule has 0 bridgehead atoms. The lowest BCUT2D eigenvalue weighted by Crippen LogP contribution is -2.04. The summed E-state index contributed by atoms with van der Waals surface area (Å²) >= 11 is 0. The smallest absolute Gasteiger partial charge is 0.305 e. The van der Waals surface area contributed by atoms with Gasteiger partial charge in [-0.25, -0.2) is 0 Å². The molecule has 0 unspecified atom stereocenters. The summed E-state index contributed by atoms with van der Waals surface area (Å²) in [5.41, 5.74) is 0. The zero-order valence-electron chi connectivity index (χ0n) is 9.84. The van der Waals surface area contributed by atoms with Crippen molar-refractivity contribution < 1.29 is 9.53 Å². The Morgan fingerprint density at radius 3 is 2.29 bits per heavy atom. The first-order valence-corrected chi connectivity index (χ1v) is 5.90. The van der Waals surface area contributed by atoms with E-state index >= 15 is 0 Å². The molecule has 0 aliphatic carbocycles. The molecular weight excluding hydrogens is 176 g/mol. The van der Waals surface area contributed by atoms with Crippen LogP contribution in [0.4, 0.5) is 0 Å². The maximum Gasteiger partial charge on any atom is 0.305 e. The summed E-state index contributed by atoms with van der Waals surface area (Å²) in [5, 5.41) is 0. The molecule has 0 N–H and O–H groups in total. The lowest BCUT2D eigenvalue weighted by molar-refractivity contribution is -0.143. The molecule has 0 spiro atoms. The minimum absolute atomic E-state index is 0.0764. The van der Waals surface area contributed by atoms with Gasteiger partial charge >= 0.3 is 5.97 Å². The number of carbonyl (C=O) groups is 1. The van der Waals surface area contributed by atoms with Crippen molar-refractivity contribution in [3.8, 4) is 0 Å². The first kappa shape index (κ1) is 13.5. The van der Waals surface area contributed by atoms with Gasteiger partial charge in [0.15, 0.2) is 0 Å². The summed E-state index contributed by atoms with van der Waals surface area (Å²) in [6.07, 6.45) is 6.51. The minimum atomic E-state index is -0.0764. The van der Waals surface area contributed by atoms with Crippen LogP contribution in [-0.2, 0) is 9.53 Å². The van der Waals surface area contributed by atoms with Crippen LogP contribution in [0.3, 0.4) is 0 Å². The van der Waals surface area contributed by atoms with E-state index in [1.54, 1.807) is 0 Å². The third-order valence-electron chi connectivity index (χ3n) is 2.71. The van der Waals surface area contributed by atoms with Gasteiger partial charge in [-0.1, -0.05) is 40.0 Å². The Labute approximate surface area is 88.0 Å². The van der Waals surface area contributed by atoms with Gasteiger partial charge in [0, 0.05) is 6.42 Å². The number of rotatable bonds is 8. The molecule has 0 atom stereocenters. The number of hydrogen-bond donors (Lipinski definition) is 0. The highest BCUT2D eigenvalue weighted by atomic mass is 16.5. The highest BCUT2D eigenvalue weighted by Gasteiger charge is 2.03. The first-order valence-electron chi connectivity index (χ1n) is 5.90. The molecule has 0 aromatic rings. The van der Waals surface area contributed by atoms with Crippen molar-refractivity contribution in [3.63, 3.8) is 0 Å². The number of carbonyl (C=O) groups excluding carboxylic acids is 1. The van der Waals surface area contributed by atoms with Crippen LogP contribution in [0.25, 0.3) is 0 Å². The third kappa shape index (κ3) is 6.93. The fourth-order valence-electron chi connectivity index (χ4n) is 1.52. The predicted molar refractivity (Wildman–Crippen MR) is 59.2 cm³/mol. The zero-order chi connectivity index (χ0) is 10.8. The Hall–Kier alpha value is -0.530. The van der Waals surface area contributed by atoms with E-state index in [-0.39, 0.29) is 5.97 Å². The van der Waals surface area contributed by atoms with Crippen molar-refractivity contribution >= 4 is 5.97 Å². The standard InChI is InChI=1S/C12H24O2/c1-4-11(5-2)9-7-8-10-14-12(13)6-3/h11H,4-10H2,1-3H3. The van der Waals surface area contributed by atoms with Gasteiger partial charge in [0.05, 0.1) is 6.61 Å². The molecule has 0 aromatic carbocycles. The average molecular weight is 200 g/mol. The maximum atomic E-state index is 10.8. The van der Waals surface area contributed by atoms with E-state index in [1.165, 1.54) is 25.7 Å². The SMILES string of the molecule is CCC(=O)OCCCCC(CC)CC. The molecule has 2 heteroatoms. The lowest BCUT2D eigenvalue weighted by atomic mass is 9.97. The van der Waals surface area contributed by atoms with E-state index < -0.39 is 0 Å². The summed E-state index contributed by atoms with van der Waals surface area (Å²) in [5.74, 6) is 0.782. The fourth-order valence-corrected chi connectivity index (χ4v) is 1.52. The summed E-state index contributed by atoms with van der Waals surface area (Å²) in [7, 11) is 0. The lowest BCUT2D eigenvalue weighted by Gasteiger charge is -2.11. The monoisotopic (exact) mass is 200 g/mol. The molecule has 0 aromatic heterocycles. The van der Waals surface area contributed by atoms with E-state index in [9.17, 15) is 4.79 Å². The molecule has 0 fully saturated rings. The van der Waals surface area contributed by atoms with Crippen molar-refractivity contribution in [2.45, 2.75) is 59.3 Å². The quantitative estimate of drug-likeness (QED) is 0.442. The van der Waals surface area contributed by atoms with Gasteiger partial charge in [-0.2, -0.15) is 0 Å². The topological polar surface area (TPSA) is 26.3 Å². The predicted octanol–water partition coefficient (Wildman–Crippen LogP) is 3.55. The van der Waals surface area contributed by atoms with Crippen molar-refractivity contribution in [2.24, 2.45) is 5.92 Å². The molecule has 0 amide bonds. The number of esters is 1. The first-order chi connectivity index (χ1) is 6.74. The second-order valence-electron chi connectivity index (χ2n) is 3.75. The van der Waals surface area contributed by atoms with Crippen LogP contribution in [0.15, 0.2) is 0 Å². The molecule has 0 saturated carbocycles. The Bertz CT molecular complexity index is 139. The van der Waals surface area contributed by atoms with Crippen molar-refractivity contribution in [3.05, 3.63) is 0 Å². The largest absolute Gasteiger partial charge is 0.466 e. The Morgan fingerprint density at radius 2 is 1.79 bits per heavy atom. The number of hydrogen-bond acceptors (Lipinski definition) is 2. The van der Waals surface area contributed by atoms with Gasteiger partial charge in [0.25, 0.3) is 0 Å². The fraction of sp³-hybridized carbons (Fsp3) is 0.917. The summed E-state index contributed by atoms with van der Waals surface area (Å²) < 4.78 is 5.00. The third-order valence-corrected chi connectivity index (χ3v) is 2.71. The highest BCUT2D eigenvalue weighted by Crippen LogP contribution is 2.15. The second-order valence-corrected chi connectivity index (χ2v) is 3.75. The van der Waals surface area contributed by atoms with Gasteiger partial charge in [-0.15, -0.1) is 0 Å². The minimum Gasteiger partial charge on any atom is -0.466 e. The van der Waals surface area contributed by atoms with Crippen molar-refractivity contribution in [1.82, 2.24) is 0 Å². The molecule has 0 saturated heterocycles. The molecule has 0 heterocycles. The van der Waals surface area contributed by atoms with E-state index in [1.807, 2.05) is 6.92 Å². The van der Waals surface area contributed by atoms with Crippen LogP contribution in [0, 0.1) is 5.92 Å². The summed E-state index contributed by atoms with van der Waals surface area (Å²) in [6, 6.07) is 0. The van der Waals surface area contributed by atoms with Crippen LogP contribution in [0.2, 0.25) is 0 Å². The zero-order valence-corrected chi connectivity index (χ0v) is 9.84. The van der Waals surface area contributed by atoms with Crippen molar-refractivity contribution in [2.75, 3.05) is 6.61 Å². The summed E-state index contributed by atoms with van der Waals surface area (Å²) in [6.45, 7) is 6.91. The highest BCUT2D eigenvalue weighted by molar-refractivity contribution is 5.68. The molecule has 0 aliphatic heterocycles. The molecule has 14 heavy (non-hydrogen) atoms. The average Bonchev–Trinajstić information content (AvgIpc) is 2.23. The van der Waals surface area contributed by atoms with Crippen LogP contribution in [0.1, 0.15) is 59.3 Å². The van der Waals surface area contributed by atoms with Crippen LogP contribution in [0.5, 0.6) is 0 Å². The van der Waals surface area contributed by atoms with Crippen molar-refractivity contribution in [1.29, 1.82) is 0 Å².